The fraction of sp³-hybridized carbons (Fsp3) is 0. The number of thiophene rings is 2. The summed E-state index contributed by atoms with van der Waals surface area (Å²) in [7, 11) is 0. The summed E-state index contributed by atoms with van der Waals surface area (Å²) < 4.78 is 2.15. The van der Waals surface area contributed by atoms with E-state index in [-0.39, 0.29) is 0 Å². The van der Waals surface area contributed by atoms with Crippen LogP contribution in [-0.2, 0) is 0 Å². The molecule has 0 aliphatic heterocycles. The zero-order valence-electron chi connectivity index (χ0n) is 10.6. The third-order valence-electron chi connectivity index (χ3n) is 2.99. The van der Waals surface area contributed by atoms with Gasteiger partial charge in [0.15, 0.2) is 0 Å². The van der Waals surface area contributed by atoms with Crippen molar-refractivity contribution in [2.75, 3.05) is 5.73 Å². The molecule has 0 saturated heterocycles. The van der Waals surface area contributed by atoms with Crippen LogP contribution in [0.4, 0.5) is 5.69 Å². The average molecular weight is 487 g/mol. The zero-order valence-corrected chi connectivity index (χ0v) is 15.9. The molecular weight excluding hydrogens is 479 g/mol. The molecule has 2 heterocycles. The van der Waals surface area contributed by atoms with Gasteiger partial charge in [0.25, 0.3) is 0 Å². The summed E-state index contributed by atoms with van der Waals surface area (Å²) in [6, 6.07) is 12.4. The first kappa shape index (κ1) is 15.0. The molecule has 21 heavy (non-hydrogen) atoms. The highest BCUT2D eigenvalue weighted by molar-refractivity contribution is 14.1. The highest BCUT2D eigenvalue weighted by atomic mass is 127. The van der Waals surface area contributed by atoms with Gasteiger partial charge in [-0.3, -0.25) is 0 Å². The molecule has 0 spiro atoms. The van der Waals surface area contributed by atoms with E-state index >= 15 is 0 Å². The second-order valence-corrected chi connectivity index (χ2v) is 8.31. The number of nitrogens with zero attached hydrogens (tertiary/aromatic N) is 1. The summed E-state index contributed by atoms with van der Waals surface area (Å²) in [6.07, 6.45) is 0. The van der Waals surface area contributed by atoms with E-state index in [4.69, 9.17) is 5.73 Å². The molecule has 2 N–H and O–H groups in total. The van der Waals surface area contributed by atoms with Crippen LogP contribution in [0.5, 0.6) is 0 Å². The quantitative estimate of drug-likeness (QED) is 0.454. The molecule has 0 atom stereocenters. The van der Waals surface area contributed by atoms with Crippen molar-refractivity contribution in [1.29, 1.82) is 5.26 Å². The topological polar surface area (TPSA) is 49.8 Å². The number of rotatable bonds is 2. The minimum atomic E-state index is 0.573. The maximum atomic E-state index is 9.30. The molecule has 104 valence electrons. The number of benzene rings is 1. The molecule has 0 saturated carbocycles. The van der Waals surface area contributed by atoms with Crippen molar-refractivity contribution in [3.05, 3.63) is 48.6 Å². The number of hydrogen-bond acceptors (Lipinski definition) is 4. The lowest BCUT2D eigenvalue weighted by Gasteiger charge is -2.06. The van der Waals surface area contributed by atoms with Crippen LogP contribution >= 0.6 is 61.2 Å². The molecule has 2 aromatic heterocycles. The van der Waals surface area contributed by atoms with Crippen LogP contribution in [0, 0.1) is 14.9 Å². The van der Waals surface area contributed by atoms with Crippen molar-refractivity contribution in [1.82, 2.24) is 0 Å². The molecule has 3 aromatic rings. The van der Waals surface area contributed by atoms with Gasteiger partial charge in [0, 0.05) is 28.9 Å². The molecule has 0 bridgehead atoms. The highest BCUT2D eigenvalue weighted by Gasteiger charge is 2.21. The number of nitriles is 1. The summed E-state index contributed by atoms with van der Waals surface area (Å²) in [6.45, 7) is 0. The van der Waals surface area contributed by atoms with Crippen molar-refractivity contribution in [2.45, 2.75) is 0 Å². The molecule has 0 fully saturated rings. The van der Waals surface area contributed by atoms with Gasteiger partial charge < -0.3 is 5.73 Å². The van der Waals surface area contributed by atoms with E-state index in [0.29, 0.717) is 10.6 Å². The van der Waals surface area contributed by atoms with Gasteiger partial charge in [-0.05, 0) is 52.2 Å². The Morgan fingerprint density at radius 2 is 2.10 bits per heavy atom. The molecule has 0 aliphatic carbocycles. The van der Waals surface area contributed by atoms with Crippen LogP contribution in [0.1, 0.15) is 4.88 Å². The lowest BCUT2D eigenvalue weighted by molar-refractivity contribution is 1.52. The van der Waals surface area contributed by atoms with Gasteiger partial charge in [-0.2, -0.15) is 5.26 Å². The van der Waals surface area contributed by atoms with E-state index in [9.17, 15) is 5.26 Å². The monoisotopic (exact) mass is 486 g/mol. The minimum absolute atomic E-state index is 0.573. The van der Waals surface area contributed by atoms with Gasteiger partial charge in [0.2, 0.25) is 0 Å². The van der Waals surface area contributed by atoms with Crippen LogP contribution in [0.15, 0.2) is 40.2 Å². The van der Waals surface area contributed by atoms with Gasteiger partial charge >= 0.3 is 0 Å². The summed E-state index contributed by atoms with van der Waals surface area (Å²) in [5, 5.41) is 11.3. The largest absolute Gasteiger partial charge is 0.396 e. The molecule has 0 unspecified atom stereocenters. The Morgan fingerprint density at radius 3 is 2.76 bits per heavy atom. The normalized spacial score (nSPS) is 10.5. The number of nitrogen functional groups attached to an aromatic ring is 1. The maximum absolute atomic E-state index is 9.30. The van der Waals surface area contributed by atoms with Gasteiger partial charge in [-0.15, -0.1) is 22.7 Å². The third kappa shape index (κ3) is 2.75. The minimum Gasteiger partial charge on any atom is -0.396 e. The first-order chi connectivity index (χ1) is 10.1. The Bertz CT molecular complexity index is 847. The zero-order chi connectivity index (χ0) is 15.0. The summed E-state index contributed by atoms with van der Waals surface area (Å²) in [4.78, 5) is 2.72. The number of hydrogen-bond donors (Lipinski definition) is 1. The third-order valence-corrected chi connectivity index (χ3v) is 6.45. The Morgan fingerprint density at radius 1 is 1.29 bits per heavy atom. The van der Waals surface area contributed by atoms with E-state index in [1.807, 2.05) is 23.6 Å². The van der Waals surface area contributed by atoms with Crippen molar-refractivity contribution < 1.29 is 0 Å². The van der Waals surface area contributed by atoms with Gasteiger partial charge in [-0.25, -0.2) is 0 Å². The highest BCUT2D eigenvalue weighted by Crippen LogP contribution is 2.47. The van der Waals surface area contributed by atoms with E-state index in [0.717, 1.165) is 28.9 Å². The second-order valence-electron chi connectivity index (χ2n) is 4.26. The predicted octanol–water partition coefficient (Wildman–Crippen LogP) is 5.96. The van der Waals surface area contributed by atoms with E-state index < -0.39 is 0 Å². The average Bonchev–Trinajstić information content (AvgIpc) is 3.08. The first-order valence-corrected chi connectivity index (χ1v) is 9.50. The van der Waals surface area contributed by atoms with E-state index in [1.54, 1.807) is 11.3 Å². The van der Waals surface area contributed by atoms with Gasteiger partial charge in [-0.1, -0.05) is 22.0 Å². The summed E-state index contributed by atoms with van der Waals surface area (Å²) in [5.41, 5.74) is 8.87. The number of nitrogens with two attached hydrogens (primary N) is 1. The molecule has 3 rings (SSSR count). The fourth-order valence-electron chi connectivity index (χ4n) is 2.05. The van der Waals surface area contributed by atoms with E-state index in [2.05, 4.69) is 56.7 Å². The lowest BCUT2D eigenvalue weighted by Crippen LogP contribution is -1.88. The Labute approximate surface area is 152 Å². The Hall–Kier alpha value is -0.880. The molecule has 6 heteroatoms. The van der Waals surface area contributed by atoms with Crippen molar-refractivity contribution >= 4 is 66.9 Å². The van der Waals surface area contributed by atoms with E-state index in [1.165, 1.54) is 11.3 Å². The molecule has 0 radical (unpaired) electrons. The van der Waals surface area contributed by atoms with Crippen molar-refractivity contribution in [3.8, 4) is 27.0 Å². The predicted molar refractivity (Wildman–Crippen MR) is 103 cm³/mol. The van der Waals surface area contributed by atoms with Crippen LogP contribution < -0.4 is 5.73 Å². The summed E-state index contributed by atoms with van der Waals surface area (Å²) >= 11 is 8.92. The molecule has 0 aliphatic rings. The second kappa shape index (κ2) is 6.08. The van der Waals surface area contributed by atoms with Crippen LogP contribution in [0.2, 0.25) is 0 Å². The Kier molecular flexibility index (Phi) is 4.36. The molecule has 0 amide bonds. The van der Waals surface area contributed by atoms with Crippen molar-refractivity contribution in [3.63, 3.8) is 0 Å². The SMILES string of the molecule is N#Cc1sc(-c2cc(Br)ccc2I)c(-c2cccs2)c1N. The smallest absolute Gasteiger partial charge is 0.129 e. The molecular formula is C15H8BrIN2S2. The van der Waals surface area contributed by atoms with Crippen molar-refractivity contribution in [2.24, 2.45) is 0 Å². The molecule has 1 aromatic carbocycles. The fourth-order valence-corrected chi connectivity index (χ4v) is 5.12. The Balaban J connectivity index is 2.33. The van der Waals surface area contributed by atoms with Crippen LogP contribution in [-0.4, -0.2) is 0 Å². The molecule has 2 nitrogen and oxygen atoms in total. The lowest BCUT2D eigenvalue weighted by atomic mass is 10.1. The van der Waals surface area contributed by atoms with Gasteiger partial charge in [0.05, 0.1) is 5.69 Å². The van der Waals surface area contributed by atoms with Crippen LogP contribution in [0.25, 0.3) is 20.9 Å². The summed E-state index contributed by atoms with van der Waals surface area (Å²) in [5.74, 6) is 0. The van der Waals surface area contributed by atoms with Crippen LogP contribution in [0.3, 0.4) is 0 Å². The number of anilines is 1. The number of halogens is 2. The first-order valence-electron chi connectivity index (χ1n) is 5.93. The maximum Gasteiger partial charge on any atom is 0.129 e. The van der Waals surface area contributed by atoms with Gasteiger partial charge in [0.1, 0.15) is 10.9 Å². The standard InChI is InChI=1S/C15H8BrIN2S2/c16-8-3-4-10(17)9(6-8)15-13(11-2-1-5-20-11)14(19)12(7-18)21-15/h1-6H,19H2.